The normalized spacial score (nSPS) is 5.33. The minimum Gasteiger partial charge on any atom is -0.450 e. The van der Waals surface area contributed by atoms with Crippen molar-refractivity contribution in [1.82, 2.24) is 0 Å². The highest BCUT2D eigenvalue weighted by molar-refractivity contribution is 7.59. The van der Waals surface area contributed by atoms with Gasteiger partial charge in [0.05, 0.1) is 0 Å². The minimum absolute atomic E-state index is 0. The van der Waals surface area contributed by atoms with Gasteiger partial charge in [-0.15, -0.1) is 0 Å². The lowest BCUT2D eigenvalue weighted by molar-refractivity contribution is 0.135. The summed E-state index contributed by atoms with van der Waals surface area (Å²) in [6, 6.07) is 0. The van der Waals surface area contributed by atoms with Crippen LogP contribution in [0.25, 0.3) is 0 Å². The van der Waals surface area contributed by atoms with Gasteiger partial charge >= 0.3 is 12.3 Å². The molecular formula is C2H6O6S. The van der Waals surface area contributed by atoms with E-state index in [1.165, 1.54) is 0 Å². The Kier molecular flexibility index (Phi) is 17.4. The summed E-state index contributed by atoms with van der Waals surface area (Å²) in [6.07, 6.45) is -3.67. The van der Waals surface area contributed by atoms with Crippen molar-refractivity contribution in [1.29, 1.82) is 0 Å². The van der Waals surface area contributed by atoms with Gasteiger partial charge in [0.1, 0.15) is 0 Å². The van der Waals surface area contributed by atoms with Gasteiger partial charge < -0.3 is 20.4 Å². The fourth-order valence-electron chi connectivity index (χ4n) is 0. The van der Waals surface area contributed by atoms with E-state index in [4.69, 9.17) is 30.0 Å². The van der Waals surface area contributed by atoms with Gasteiger partial charge in [-0.25, -0.2) is 9.59 Å². The van der Waals surface area contributed by atoms with Crippen molar-refractivity contribution in [3.8, 4) is 0 Å². The Hall–Kier alpha value is -1.11. The van der Waals surface area contributed by atoms with Crippen LogP contribution in [-0.4, -0.2) is 32.7 Å². The molecule has 0 unspecified atom stereocenters. The first kappa shape index (κ1) is 15.7. The van der Waals surface area contributed by atoms with Crippen molar-refractivity contribution in [2.75, 3.05) is 0 Å². The van der Waals surface area contributed by atoms with Crippen LogP contribution in [0, 0.1) is 0 Å². The van der Waals surface area contributed by atoms with Gasteiger partial charge in [0.15, 0.2) is 0 Å². The van der Waals surface area contributed by atoms with Crippen LogP contribution in [0.5, 0.6) is 0 Å². The van der Waals surface area contributed by atoms with E-state index in [0.29, 0.717) is 0 Å². The van der Waals surface area contributed by atoms with Crippen LogP contribution in [0.4, 0.5) is 9.59 Å². The molecule has 0 radical (unpaired) electrons. The standard InChI is InChI=1S/2CH2O3.H2S/c2*2-1(3)4;/h2*(H2,2,3,4);1H2. The van der Waals surface area contributed by atoms with E-state index >= 15 is 0 Å². The molecule has 0 aromatic rings. The summed E-state index contributed by atoms with van der Waals surface area (Å²) < 4.78 is 0. The summed E-state index contributed by atoms with van der Waals surface area (Å²) in [5.74, 6) is 0. The van der Waals surface area contributed by atoms with Gasteiger partial charge in [-0.1, -0.05) is 0 Å². The SMILES string of the molecule is O=C(O)O.O=C(O)O.S. The summed E-state index contributed by atoms with van der Waals surface area (Å²) in [5.41, 5.74) is 0. The van der Waals surface area contributed by atoms with Crippen molar-refractivity contribution < 1.29 is 30.0 Å². The topological polar surface area (TPSA) is 115 Å². The van der Waals surface area contributed by atoms with E-state index in [9.17, 15) is 0 Å². The summed E-state index contributed by atoms with van der Waals surface area (Å²) >= 11 is 0. The van der Waals surface area contributed by atoms with Crippen molar-refractivity contribution in [3.63, 3.8) is 0 Å². The van der Waals surface area contributed by atoms with Gasteiger partial charge in [-0.2, -0.15) is 13.5 Å². The minimum atomic E-state index is -1.83. The predicted molar refractivity (Wildman–Crippen MR) is 31.7 cm³/mol. The fourth-order valence-corrected chi connectivity index (χ4v) is 0. The first-order valence-electron chi connectivity index (χ1n) is 1.30. The molecule has 7 heteroatoms. The predicted octanol–water partition coefficient (Wildman–Crippen LogP) is 0.558. The molecule has 6 nitrogen and oxygen atoms in total. The molecule has 0 spiro atoms. The fraction of sp³-hybridized carbons (Fsp3) is 0. The van der Waals surface area contributed by atoms with Crippen molar-refractivity contribution in [2.24, 2.45) is 0 Å². The maximum atomic E-state index is 8.56. The van der Waals surface area contributed by atoms with Gasteiger partial charge in [0, 0.05) is 0 Å². The van der Waals surface area contributed by atoms with Crippen molar-refractivity contribution in [3.05, 3.63) is 0 Å². The van der Waals surface area contributed by atoms with E-state index in [0.717, 1.165) is 0 Å². The first-order chi connectivity index (χ1) is 3.46. The smallest absolute Gasteiger partial charge is 0.450 e. The van der Waals surface area contributed by atoms with Gasteiger partial charge in [0.25, 0.3) is 0 Å². The Morgan fingerprint density at radius 1 is 0.778 bits per heavy atom. The summed E-state index contributed by atoms with van der Waals surface area (Å²) in [6.45, 7) is 0. The van der Waals surface area contributed by atoms with Crippen LogP contribution in [0.2, 0.25) is 0 Å². The Morgan fingerprint density at radius 2 is 0.778 bits per heavy atom. The Labute approximate surface area is 56.8 Å². The van der Waals surface area contributed by atoms with Crippen molar-refractivity contribution in [2.45, 2.75) is 0 Å². The molecule has 0 fully saturated rings. The molecule has 0 aromatic carbocycles. The van der Waals surface area contributed by atoms with E-state index in [-0.39, 0.29) is 13.5 Å². The van der Waals surface area contributed by atoms with Gasteiger partial charge in [0.2, 0.25) is 0 Å². The molecule has 0 atom stereocenters. The Morgan fingerprint density at radius 3 is 0.778 bits per heavy atom. The van der Waals surface area contributed by atoms with Gasteiger partial charge in [-0.3, -0.25) is 0 Å². The van der Waals surface area contributed by atoms with E-state index in [1.807, 2.05) is 0 Å². The van der Waals surface area contributed by atoms with E-state index < -0.39 is 12.3 Å². The molecule has 9 heavy (non-hydrogen) atoms. The summed E-state index contributed by atoms with van der Waals surface area (Å²) in [5, 5.41) is 27.9. The monoisotopic (exact) mass is 158 g/mol. The Bertz CT molecular complexity index is 69.1. The average Bonchev–Trinajstić information content (AvgIpc) is 1.25. The third-order valence-electron chi connectivity index (χ3n) is 0. The molecule has 0 saturated carbocycles. The molecular weight excluding hydrogens is 152 g/mol. The molecule has 0 aliphatic heterocycles. The lowest BCUT2D eigenvalue weighted by Crippen LogP contribution is -1.81. The molecule has 4 N–H and O–H groups in total. The number of hydrogen-bond acceptors (Lipinski definition) is 2. The molecule has 0 bridgehead atoms. The second kappa shape index (κ2) is 10.00. The lowest BCUT2D eigenvalue weighted by Gasteiger charge is -1.60. The average molecular weight is 158 g/mol. The van der Waals surface area contributed by atoms with Crippen LogP contribution < -0.4 is 0 Å². The molecule has 0 amide bonds. The number of rotatable bonds is 0. The lowest BCUT2D eigenvalue weighted by atomic mass is 11.5. The van der Waals surface area contributed by atoms with E-state index in [2.05, 4.69) is 0 Å². The highest BCUT2D eigenvalue weighted by Gasteiger charge is 1.70. The molecule has 0 rings (SSSR count). The highest BCUT2D eigenvalue weighted by Crippen LogP contribution is 1.43. The number of carboxylic acid groups (broad SMARTS) is 4. The largest absolute Gasteiger partial charge is 0.503 e. The van der Waals surface area contributed by atoms with E-state index in [1.54, 1.807) is 0 Å². The first-order valence-corrected chi connectivity index (χ1v) is 1.30. The van der Waals surface area contributed by atoms with Crippen LogP contribution >= 0.6 is 13.5 Å². The third kappa shape index (κ3) is 134. The molecule has 0 heterocycles. The Balaban J connectivity index is -0.0000000720. The zero-order valence-electron chi connectivity index (χ0n) is 4.11. The summed E-state index contributed by atoms with van der Waals surface area (Å²) in [4.78, 5) is 17.1. The maximum Gasteiger partial charge on any atom is 0.503 e. The maximum absolute atomic E-state index is 8.56. The zero-order chi connectivity index (χ0) is 7.15. The quantitative estimate of drug-likeness (QED) is 0.409. The van der Waals surface area contributed by atoms with Gasteiger partial charge in [-0.05, 0) is 0 Å². The number of carbonyl (C=O) groups is 2. The molecule has 0 saturated heterocycles. The van der Waals surface area contributed by atoms with Crippen molar-refractivity contribution >= 4 is 25.8 Å². The van der Waals surface area contributed by atoms with Crippen LogP contribution in [0.1, 0.15) is 0 Å². The molecule has 56 valence electrons. The van der Waals surface area contributed by atoms with Crippen LogP contribution in [-0.2, 0) is 0 Å². The number of hydrogen-bond donors (Lipinski definition) is 4. The highest BCUT2D eigenvalue weighted by atomic mass is 32.1. The second-order valence-corrected chi connectivity index (χ2v) is 0.565. The third-order valence-corrected chi connectivity index (χ3v) is 0. The molecule has 0 aromatic heterocycles. The molecule has 0 aliphatic carbocycles. The van der Waals surface area contributed by atoms with Crippen LogP contribution in [0.15, 0.2) is 0 Å². The summed E-state index contributed by atoms with van der Waals surface area (Å²) in [7, 11) is 0. The second-order valence-electron chi connectivity index (χ2n) is 0.565. The molecule has 0 aliphatic rings. The van der Waals surface area contributed by atoms with Crippen LogP contribution in [0.3, 0.4) is 0 Å². The zero-order valence-corrected chi connectivity index (χ0v) is 5.11.